The first-order valence-corrected chi connectivity index (χ1v) is 12.2. The molecule has 4 aliphatic rings. The first-order valence-electron chi connectivity index (χ1n) is 10.6. The molecule has 2 aromatic rings. The van der Waals surface area contributed by atoms with Crippen LogP contribution in [0.3, 0.4) is 0 Å². The normalized spacial score (nSPS) is 30.6. The number of amides is 1. The van der Waals surface area contributed by atoms with Crippen LogP contribution in [0.2, 0.25) is 0 Å². The van der Waals surface area contributed by atoms with Crippen LogP contribution in [0, 0.1) is 23.2 Å². The standard InChI is InChI=1S/C23H27BrN2OS/c1-2-26(22-25-20(14-28-22)18-3-5-19(24)6-4-18)21(27)13-23-10-15-7-16(11-23)9-17(8-15)12-23/h3-6,14-17H,2,7-13H2,1H3. The van der Waals surface area contributed by atoms with E-state index in [1.807, 2.05) is 17.0 Å². The number of hydrogen-bond donors (Lipinski definition) is 0. The Morgan fingerprint density at radius 2 is 1.75 bits per heavy atom. The van der Waals surface area contributed by atoms with E-state index in [1.165, 1.54) is 38.5 Å². The summed E-state index contributed by atoms with van der Waals surface area (Å²) in [6, 6.07) is 8.20. The van der Waals surface area contributed by atoms with Crippen molar-refractivity contribution in [3.05, 3.63) is 34.1 Å². The zero-order valence-electron chi connectivity index (χ0n) is 16.4. The van der Waals surface area contributed by atoms with Gasteiger partial charge in [0.05, 0.1) is 5.69 Å². The Kier molecular flexibility index (Phi) is 4.87. The van der Waals surface area contributed by atoms with Gasteiger partial charge in [-0.05, 0) is 80.8 Å². The molecule has 0 spiro atoms. The lowest BCUT2D eigenvalue weighted by atomic mass is 9.49. The van der Waals surface area contributed by atoms with Crippen molar-refractivity contribution < 1.29 is 4.79 Å². The fourth-order valence-corrected chi connectivity index (χ4v) is 7.66. The SMILES string of the molecule is CCN(C(=O)CC12CC3CC(CC(C3)C1)C2)c1nc(-c2ccc(Br)cc2)cs1. The maximum Gasteiger partial charge on any atom is 0.229 e. The second kappa shape index (κ2) is 7.24. The third-order valence-corrected chi connectivity index (χ3v) is 8.56. The van der Waals surface area contributed by atoms with Crippen LogP contribution >= 0.6 is 27.3 Å². The Morgan fingerprint density at radius 3 is 2.32 bits per heavy atom. The van der Waals surface area contributed by atoms with Gasteiger partial charge in [0.25, 0.3) is 0 Å². The first-order chi connectivity index (χ1) is 13.5. The molecule has 28 heavy (non-hydrogen) atoms. The number of nitrogens with zero attached hydrogens (tertiary/aromatic N) is 2. The first kappa shape index (κ1) is 18.8. The Bertz CT molecular complexity index is 840. The number of halogens is 1. The van der Waals surface area contributed by atoms with Gasteiger partial charge in [0.1, 0.15) is 0 Å². The summed E-state index contributed by atoms with van der Waals surface area (Å²) in [5, 5.41) is 2.91. The van der Waals surface area contributed by atoms with E-state index in [-0.39, 0.29) is 11.3 Å². The van der Waals surface area contributed by atoms with E-state index in [2.05, 4.69) is 40.4 Å². The van der Waals surface area contributed by atoms with Crippen LogP contribution in [0.4, 0.5) is 5.13 Å². The van der Waals surface area contributed by atoms with Crippen molar-refractivity contribution in [1.82, 2.24) is 4.98 Å². The summed E-state index contributed by atoms with van der Waals surface area (Å²) in [6.07, 6.45) is 8.84. The number of anilines is 1. The van der Waals surface area contributed by atoms with E-state index in [0.717, 1.165) is 45.0 Å². The minimum absolute atomic E-state index is 0.279. The lowest BCUT2D eigenvalue weighted by Crippen LogP contribution is -2.48. The Hall–Kier alpha value is -1.20. The molecule has 4 fully saturated rings. The summed E-state index contributed by atoms with van der Waals surface area (Å²) < 4.78 is 1.06. The van der Waals surface area contributed by atoms with Crippen molar-refractivity contribution in [2.45, 2.75) is 51.9 Å². The van der Waals surface area contributed by atoms with E-state index in [4.69, 9.17) is 4.98 Å². The van der Waals surface area contributed by atoms with Crippen molar-refractivity contribution in [3.63, 3.8) is 0 Å². The molecule has 6 rings (SSSR count). The van der Waals surface area contributed by atoms with E-state index < -0.39 is 0 Å². The molecule has 0 aliphatic heterocycles. The fraction of sp³-hybridized carbons (Fsp3) is 0.565. The van der Waals surface area contributed by atoms with Gasteiger partial charge in [-0.15, -0.1) is 11.3 Å². The monoisotopic (exact) mass is 458 g/mol. The Labute approximate surface area is 179 Å². The molecule has 0 unspecified atom stereocenters. The quantitative estimate of drug-likeness (QED) is 0.509. The largest absolute Gasteiger partial charge is 0.288 e. The summed E-state index contributed by atoms with van der Waals surface area (Å²) in [6.45, 7) is 2.76. The summed E-state index contributed by atoms with van der Waals surface area (Å²) in [4.78, 5) is 20.1. The predicted octanol–water partition coefficient (Wildman–Crippen LogP) is 6.53. The second-order valence-corrected chi connectivity index (χ2v) is 11.0. The molecule has 148 valence electrons. The van der Waals surface area contributed by atoms with Gasteiger partial charge < -0.3 is 0 Å². The zero-order valence-corrected chi connectivity index (χ0v) is 18.8. The Morgan fingerprint density at radius 1 is 1.14 bits per heavy atom. The van der Waals surface area contributed by atoms with Crippen molar-refractivity contribution in [3.8, 4) is 11.3 Å². The lowest BCUT2D eigenvalue weighted by Gasteiger charge is -2.56. The molecule has 0 saturated heterocycles. The molecule has 1 aromatic heterocycles. The number of carbonyl (C=O) groups excluding carboxylic acids is 1. The number of carbonyl (C=O) groups is 1. The van der Waals surface area contributed by atoms with Crippen LogP contribution in [0.5, 0.6) is 0 Å². The lowest BCUT2D eigenvalue weighted by molar-refractivity contribution is -0.126. The van der Waals surface area contributed by atoms with Gasteiger partial charge in [-0.1, -0.05) is 28.1 Å². The average molecular weight is 459 g/mol. The number of thiazole rings is 1. The topological polar surface area (TPSA) is 33.2 Å². The summed E-state index contributed by atoms with van der Waals surface area (Å²) in [5.41, 5.74) is 2.33. The molecule has 5 heteroatoms. The molecule has 3 nitrogen and oxygen atoms in total. The average Bonchev–Trinajstić information content (AvgIpc) is 3.11. The number of rotatable bonds is 5. The molecular formula is C23H27BrN2OS. The van der Waals surface area contributed by atoms with E-state index in [1.54, 1.807) is 11.3 Å². The molecule has 1 heterocycles. The molecule has 0 N–H and O–H groups in total. The predicted molar refractivity (Wildman–Crippen MR) is 118 cm³/mol. The van der Waals surface area contributed by atoms with Crippen LogP contribution < -0.4 is 4.90 Å². The highest BCUT2D eigenvalue weighted by Crippen LogP contribution is 2.61. The minimum Gasteiger partial charge on any atom is -0.288 e. The molecule has 4 bridgehead atoms. The highest BCUT2D eigenvalue weighted by atomic mass is 79.9. The van der Waals surface area contributed by atoms with Crippen molar-refractivity contribution in [2.75, 3.05) is 11.4 Å². The Balaban J connectivity index is 1.33. The van der Waals surface area contributed by atoms with Crippen molar-refractivity contribution in [1.29, 1.82) is 0 Å². The van der Waals surface area contributed by atoms with Gasteiger partial charge in [-0.2, -0.15) is 0 Å². The van der Waals surface area contributed by atoms with Gasteiger partial charge in [-0.25, -0.2) is 4.98 Å². The second-order valence-electron chi connectivity index (χ2n) is 9.25. The van der Waals surface area contributed by atoms with Crippen LogP contribution in [-0.4, -0.2) is 17.4 Å². The smallest absolute Gasteiger partial charge is 0.229 e. The maximum atomic E-state index is 13.3. The van der Waals surface area contributed by atoms with Gasteiger partial charge in [0.15, 0.2) is 5.13 Å². The van der Waals surface area contributed by atoms with Gasteiger partial charge in [-0.3, -0.25) is 9.69 Å². The summed E-state index contributed by atoms with van der Waals surface area (Å²) in [5.74, 6) is 2.94. The molecular weight excluding hydrogens is 432 g/mol. The van der Waals surface area contributed by atoms with E-state index >= 15 is 0 Å². The van der Waals surface area contributed by atoms with E-state index in [0.29, 0.717) is 6.54 Å². The maximum absolute atomic E-state index is 13.3. The number of hydrogen-bond acceptors (Lipinski definition) is 3. The summed E-state index contributed by atoms with van der Waals surface area (Å²) in [7, 11) is 0. The number of benzene rings is 1. The van der Waals surface area contributed by atoms with Crippen LogP contribution in [-0.2, 0) is 4.79 Å². The van der Waals surface area contributed by atoms with Crippen LogP contribution in [0.1, 0.15) is 51.9 Å². The third-order valence-electron chi connectivity index (χ3n) is 7.17. The molecule has 1 amide bonds. The summed E-state index contributed by atoms with van der Waals surface area (Å²) >= 11 is 5.07. The molecule has 4 saturated carbocycles. The molecule has 0 radical (unpaired) electrons. The number of aromatic nitrogens is 1. The van der Waals surface area contributed by atoms with Crippen molar-refractivity contribution in [2.24, 2.45) is 23.2 Å². The highest BCUT2D eigenvalue weighted by molar-refractivity contribution is 9.10. The molecule has 4 aliphatic carbocycles. The fourth-order valence-electron chi connectivity index (χ4n) is 6.48. The molecule has 0 atom stereocenters. The third kappa shape index (κ3) is 3.45. The van der Waals surface area contributed by atoms with Crippen molar-refractivity contribution >= 4 is 38.3 Å². The van der Waals surface area contributed by atoms with Crippen LogP contribution in [0.15, 0.2) is 34.1 Å². The zero-order chi connectivity index (χ0) is 19.3. The van der Waals surface area contributed by atoms with Gasteiger partial charge in [0.2, 0.25) is 5.91 Å². The highest BCUT2D eigenvalue weighted by Gasteiger charge is 2.51. The minimum atomic E-state index is 0.279. The molecule has 1 aromatic carbocycles. The van der Waals surface area contributed by atoms with Gasteiger partial charge >= 0.3 is 0 Å². The van der Waals surface area contributed by atoms with Crippen LogP contribution in [0.25, 0.3) is 11.3 Å². The van der Waals surface area contributed by atoms with E-state index in [9.17, 15) is 4.79 Å². The van der Waals surface area contributed by atoms with Gasteiger partial charge in [0, 0.05) is 28.4 Å².